The van der Waals surface area contributed by atoms with E-state index < -0.39 is 6.04 Å². The number of nitrogens with one attached hydrogen (secondary N) is 1. The minimum Gasteiger partial charge on any atom is -0.497 e. The molecular weight excluding hydrogens is 373 g/mol. The SMILES string of the molecule is CC[C@@H](C)[C@H](NC(=O)Cc1ccc(F)cc1)c1nc(-c2cccc(OC)c2)no1. The first-order valence-electron chi connectivity index (χ1n) is 9.52. The molecule has 3 rings (SSSR count). The lowest BCUT2D eigenvalue weighted by atomic mass is 9.98. The van der Waals surface area contributed by atoms with Gasteiger partial charge in [0.25, 0.3) is 0 Å². The molecule has 152 valence electrons. The van der Waals surface area contributed by atoms with Gasteiger partial charge in [0.2, 0.25) is 17.6 Å². The van der Waals surface area contributed by atoms with E-state index in [-0.39, 0.29) is 24.1 Å². The summed E-state index contributed by atoms with van der Waals surface area (Å²) in [6.07, 6.45) is 0.961. The zero-order valence-electron chi connectivity index (χ0n) is 16.7. The van der Waals surface area contributed by atoms with Crippen LogP contribution < -0.4 is 10.1 Å². The van der Waals surface area contributed by atoms with Gasteiger partial charge in [-0.05, 0) is 35.7 Å². The lowest BCUT2D eigenvalue weighted by Crippen LogP contribution is -2.33. The predicted molar refractivity (Wildman–Crippen MR) is 107 cm³/mol. The van der Waals surface area contributed by atoms with Gasteiger partial charge >= 0.3 is 0 Å². The molecule has 0 fully saturated rings. The van der Waals surface area contributed by atoms with Crippen molar-refractivity contribution in [2.24, 2.45) is 5.92 Å². The van der Waals surface area contributed by atoms with Gasteiger partial charge in [-0.3, -0.25) is 4.79 Å². The van der Waals surface area contributed by atoms with Crippen molar-refractivity contribution in [3.63, 3.8) is 0 Å². The topological polar surface area (TPSA) is 77.2 Å². The van der Waals surface area contributed by atoms with Gasteiger partial charge in [-0.15, -0.1) is 0 Å². The number of hydrogen-bond acceptors (Lipinski definition) is 5. The third-order valence-electron chi connectivity index (χ3n) is 4.84. The van der Waals surface area contributed by atoms with Crippen molar-refractivity contribution in [3.05, 3.63) is 65.8 Å². The first kappa shape index (κ1) is 20.5. The first-order chi connectivity index (χ1) is 14.0. The Kier molecular flexibility index (Phi) is 6.59. The largest absolute Gasteiger partial charge is 0.497 e. The molecule has 0 aliphatic rings. The number of carbonyl (C=O) groups excluding carboxylic acids is 1. The summed E-state index contributed by atoms with van der Waals surface area (Å²) in [5, 5.41) is 7.05. The summed E-state index contributed by atoms with van der Waals surface area (Å²) in [5.74, 6) is 1.04. The summed E-state index contributed by atoms with van der Waals surface area (Å²) < 4.78 is 23.8. The molecule has 6 nitrogen and oxygen atoms in total. The lowest BCUT2D eigenvalue weighted by Gasteiger charge is -2.20. The highest BCUT2D eigenvalue weighted by Gasteiger charge is 2.26. The molecule has 0 aliphatic carbocycles. The van der Waals surface area contributed by atoms with E-state index in [0.29, 0.717) is 17.5 Å². The molecule has 3 aromatic rings. The van der Waals surface area contributed by atoms with Crippen LogP contribution in [0.15, 0.2) is 53.1 Å². The van der Waals surface area contributed by atoms with Gasteiger partial charge in [0, 0.05) is 5.56 Å². The third kappa shape index (κ3) is 5.19. The molecule has 2 aromatic carbocycles. The fraction of sp³-hybridized carbons (Fsp3) is 0.318. The van der Waals surface area contributed by atoms with Crippen LogP contribution in [0.1, 0.15) is 37.8 Å². The van der Waals surface area contributed by atoms with Crippen molar-refractivity contribution in [2.45, 2.75) is 32.7 Å². The molecule has 0 aliphatic heterocycles. The molecule has 0 unspecified atom stereocenters. The number of aromatic nitrogens is 2. The number of hydrogen-bond donors (Lipinski definition) is 1. The third-order valence-corrected chi connectivity index (χ3v) is 4.84. The average Bonchev–Trinajstić information content (AvgIpc) is 3.23. The number of benzene rings is 2. The number of amides is 1. The summed E-state index contributed by atoms with van der Waals surface area (Å²) >= 11 is 0. The van der Waals surface area contributed by atoms with Gasteiger partial charge in [0.05, 0.1) is 13.5 Å². The Morgan fingerprint density at radius 2 is 2.00 bits per heavy atom. The molecule has 1 aromatic heterocycles. The summed E-state index contributed by atoms with van der Waals surface area (Å²) in [6.45, 7) is 4.04. The minimum atomic E-state index is -0.417. The molecule has 1 heterocycles. The number of nitrogens with zero attached hydrogens (tertiary/aromatic N) is 2. The smallest absolute Gasteiger partial charge is 0.249 e. The molecule has 2 atom stereocenters. The van der Waals surface area contributed by atoms with Gasteiger partial charge in [0.1, 0.15) is 17.6 Å². The van der Waals surface area contributed by atoms with Crippen LogP contribution in [0.5, 0.6) is 5.75 Å². The Balaban J connectivity index is 1.77. The number of halogens is 1. The van der Waals surface area contributed by atoms with Crippen LogP contribution in [0.4, 0.5) is 4.39 Å². The number of ether oxygens (including phenoxy) is 1. The van der Waals surface area contributed by atoms with E-state index >= 15 is 0 Å². The quantitative estimate of drug-likeness (QED) is 0.612. The predicted octanol–water partition coefficient (Wildman–Crippen LogP) is 4.33. The highest BCUT2D eigenvalue weighted by atomic mass is 19.1. The van der Waals surface area contributed by atoms with Gasteiger partial charge in [-0.1, -0.05) is 49.7 Å². The fourth-order valence-electron chi connectivity index (χ4n) is 2.94. The van der Waals surface area contributed by atoms with Crippen molar-refractivity contribution in [3.8, 4) is 17.1 Å². The van der Waals surface area contributed by atoms with Crippen LogP contribution in [0.25, 0.3) is 11.4 Å². The van der Waals surface area contributed by atoms with Crippen molar-refractivity contribution < 1.29 is 18.4 Å². The van der Waals surface area contributed by atoms with E-state index in [1.807, 2.05) is 38.1 Å². The Labute approximate surface area is 169 Å². The Hall–Kier alpha value is -3.22. The Bertz CT molecular complexity index is 956. The number of rotatable bonds is 8. The van der Waals surface area contributed by atoms with E-state index in [1.54, 1.807) is 19.2 Å². The molecule has 0 spiro atoms. The van der Waals surface area contributed by atoms with E-state index in [1.165, 1.54) is 12.1 Å². The van der Waals surface area contributed by atoms with Crippen LogP contribution in [0.3, 0.4) is 0 Å². The van der Waals surface area contributed by atoms with Crippen LogP contribution in [0.2, 0.25) is 0 Å². The van der Waals surface area contributed by atoms with Gasteiger partial charge < -0.3 is 14.6 Å². The first-order valence-corrected chi connectivity index (χ1v) is 9.52. The van der Waals surface area contributed by atoms with Gasteiger partial charge in [-0.25, -0.2) is 4.39 Å². The zero-order valence-corrected chi connectivity index (χ0v) is 16.7. The van der Waals surface area contributed by atoms with Crippen molar-refractivity contribution >= 4 is 5.91 Å². The maximum Gasteiger partial charge on any atom is 0.249 e. The highest BCUT2D eigenvalue weighted by molar-refractivity contribution is 5.79. The van der Waals surface area contributed by atoms with E-state index in [0.717, 1.165) is 17.5 Å². The normalized spacial score (nSPS) is 13.0. The highest BCUT2D eigenvalue weighted by Crippen LogP contribution is 2.27. The molecule has 1 amide bonds. The monoisotopic (exact) mass is 397 g/mol. The summed E-state index contributed by atoms with van der Waals surface area (Å²) in [4.78, 5) is 17.0. The minimum absolute atomic E-state index is 0.0887. The van der Waals surface area contributed by atoms with Gasteiger partial charge in [0.15, 0.2) is 0 Å². The molecule has 7 heteroatoms. The maximum atomic E-state index is 13.1. The number of carbonyl (C=O) groups is 1. The summed E-state index contributed by atoms with van der Waals surface area (Å²) in [7, 11) is 1.59. The second kappa shape index (κ2) is 9.32. The van der Waals surface area contributed by atoms with Crippen LogP contribution in [0, 0.1) is 11.7 Å². The molecule has 0 saturated carbocycles. The molecular formula is C22H24FN3O3. The van der Waals surface area contributed by atoms with E-state index in [2.05, 4.69) is 15.5 Å². The lowest BCUT2D eigenvalue weighted by molar-refractivity contribution is -0.121. The van der Waals surface area contributed by atoms with Gasteiger partial charge in [-0.2, -0.15) is 4.98 Å². The van der Waals surface area contributed by atoms with Crippen LogP contribution in [-0.4, -0.2) is 23.2 Å². The molecule has 29 heavy (non-hydrogen) atoms. The summed E-state index contributed by atoms with van der Waals surface area (Å²) in [6, 6.07) is 12.8. The Morgan fingerprint density at radius 3 is 2.69 bits per heavy atom. The number of methoxy groups -OCH3 is 1. The summed E-state index contributed by atoms with van der Waals surface area (Å²) in [5.41, 5.74) is 1.49. The molecule has 0 radical (unpaired) electrons. The van der Waals surface area contributed by atoms with Crippen molar-refractivity contribution in [1.82, 2.24) is 15.5 Å². The van der Waals surface area contributed by atoms with E-state index in [4.69, 9.17) is 9.26 Å². The standard InChI is InChI=1S/C22H24FN3O3/c1-4-14(2)20(24-19(27)12-15-8-10-17(23)11-9-15)22-25-21(26-29-22)16-6-5-7-18(13-16)28-3/h5-11,13-14,20H,4,12H2,1-3H3,(H,24,27)/t14-,20+/m1/s1. The van der Waals surface area contributed by atoms with Crippen molar-refractivity contribution in [2.75, 3.05) is 7.11 Å². The second-order valence-electron chi connectivity index (χ2n) is 6.92. The maximum absolute atomic E-state index is 13.1. The molecule has 0 saturated heterocycles. The second-order valence-corrected chi connectivity index (χ2v) is 6.92. The zero-order chi connectivity index (χ0) is 20.8. The average molecular weight is 397 g/mol. The Morgan fingerprint density at radius 1 is 1.24 bits per heavy atom. The van der Waals surface area contributed by atoms with E-state index in [9.17, 15) is 9.18 Å². The molecule has 0 bridgehead atoms. The van der Waals surface area contributed by atoms with Crippen molar-refractivity contribution in [1.29, 1.82) is 0 Å². The fourth-order valence-corrected chi connectivity index (χ4v) is 2.94. The van der Waals surface area contributed by atoms with Crippen LogP contribution >= 0.6 is 0 Å². The van der Waals surface area contributed by atoms with Crippen LogP contribution in [-0.2, 0) is 11.2 Å². The molecule has 1 N–H and O–H groups in total.